The van der Waals surface area contributed by atoms with Gasteiger partial charge in [0.2, 0.25) is 5.91 Å². The Labute approximate surface area is 223 Å². The van der Waals surface area contributed by atoms with Gasteiger partial charge in [0.05, 0.1) is 10.5 Å². The Morgan fingerprint density at radius 2 is 1.81 bits per heavy atom. The number of alkyl halides is 3. The van der Waals surface area contributed by atoms with Gasteiger partial charge in [-0.3, -0.25) is 19.3 Å². The van der Waals surface area contributed by atoms with Crippen LogP contribution >= 0.6 is 27.7 Å². The minimum atomic E-state index is -4.57. The Morgan fingerprint density at radius 3 is 2.49 bits per heavy atom. The zero-order valence-electron chi connectivity index (χ0n) is 19.9. The summed E-state index contributed by atoms with van der Waals surface area (Å²) in [5.74, 6) is -1.43. The van der Waals surface area contributed by atoms with Crippen molar-refractivity contribution >= 4 is 56.5 Å². The first-order valence-corrected chi connectivity index (χ1v) is 12.6. The largest absolute Gasteiger partial charge is 0.416 e. The lowest BCUT2D eigenvalue weighted by Gasteiger charge is -2.13. The van der Waals surface area contributed by atoms with Crippen molar-refractivity contribution in [3.8, 4) is 5.69 Å². The molecule has 0 radical (unpaired) electrons. The average Bonchev–Trinajstić information content (AvgIpc) is 3.24. The zero-order valence-corrected chi connectivity index (χ0v) is 22.3. The van der Waals surface area contributed by atoms with Gasteiger partial charge in [0, 0.05) is 27.2 Å². The third kappa shape index (κ3) is 5.67. The predicted octanol–water partition coefficient (Wildman–Crippen LogP) is 6.86. The Kier molecular flexibility index (Phi) is 7.38. The lowest BCUT2D eigenvalue weighted by molar-refractivity contribution is -0.137. The second kappa shape index (κ2) is 10.2. The Morgan fingerprint density at radius 1 is 1.08 bits per heavy atom. The maximum absolute atomic E-state index is 12.9. The molecule has 0 unspecified atom stereocenters. The number of anilines is 1. The first-order chi connectivity index (χ1) is 17.3. The van der Waals surface area contributed by atoms with Crippen LogP contribution in [0.25, 0.3) is 11.8 Å². The summed E-state index contributed by atoms with van der Waals surface area (Å²) < 4.78 is 41.8. The lowest BCUT2D eigenvalue weighted by atomic mass is 10.2. The molecule has 4 rings (SSSR count). The van der Waals surface area contributed by atoms with E-state index in [0.717, 1.165) is 55.8 Å². The molecule has 192 valence electrons. The highest BCUT2D eigenvalue weighted by Gasteiger charge is 2.37. The van der Waals surface area contributed by atoms with Crippen molar-refractivity contribution in [3.63, 3.8) is 0 Å². The van der Waals surface area contributed by atoms with Crippen molar-refractivity contribution in [2.75, 3.05) is 11.9 Å². The summed E-state index contributed by atoms with van der Waals surface area (Å²) in [4.78, 5) is 38.8. The van der Waals surface area contributed by atoms with E-state index in [1.54, 1.807) is 6.08 Å². The van der Waals surface area contributed by atoms with Crippen molar-refractivity contribution in [1.29, 1.82) is 0 Å². The van der Waals surface area contributed by atoms with Crippen LogP contribution in [0.1, 0.15) is 28.1 Å². The molecule has 2 aromatic carbocycles. The number of aryl methyl sites for hydroxylation is 2. The number of aromatic nitrogens is 1. The number of thioether (sulfide) groups is 1. The van der Waals surface area contributed by atoms with E-state index in [9.17, 15) is 27.6 Å². The number of benzene rings is 2. The van der Waals surface area contributed by atoms with Crippen molar-refractivity contribution in [1.82, 2.24) is 9.47 Å². The fraction of sp³-hybridized carbons (Fsp3) is 0.192. The van der Waals surface area contributed by atoms with E-state index in [-0.39, 0.29) is 10.6 Å². The molecule has 37 heavy (non-hydrogen) atoms. The van der Waals surface area contributed by atoms with Crippen molar-refractivity contribution < 1.29 is 27.6 Å². The van der Waals surface area contributed by atoms with Gasteiger partial charge in [0.25, 0.3) is 11.1 Å². The molecule has 1 N–H and O–H groups in total. The van der Waals surface area contributed by atoms with Gasteiger partial charge in [-0.05, 0) is 92.2 Å². The van der Waals surface area contributed by atoms with E-state index < -0.39 is 35.3 Å². The zero-order chi connectivity index (χ0) is 27.1. The van der Waals surface area contributed by atoms with Crippen molar-refractivity contribution in [3.05, 3.63) is 86.0 Å². The second-order valence-corrected chi connectivity index (χ2v) is 10.3. The molecule has 0 spiro atoms. The van der Waals surface area contributed by atoms with E-state index in [4.69, 9.17) is 0 Å². The molecule has 0 saturated carbocycles. The van der Waals surface area contributed by atoms with Gasteiger partial charge in [0.1, 0.15) is 6.54 Å². The summed E-state index contributed by atoms with van der Waals surface area (Å²) in [6, 6.07) is 12.0. The highest BCUT2D eigenvalue weighted by Crippen LogP contribution is 2.34. The van der Waals surface area contributed by atoms with E-state index in [1.165, 1.54) is 6.07 Å². The number of nitrogens with zero attached hydrogens (tertiary/aromatic N) is 2. The van der Waals surface area contributed by atoms with Crippen LogP contribution in [-0.2, 0) is 15.8 Å². The normalized spacial score (nSPS) is 15.1. The lowest BCUT2D eigenvalue weighted by Crippen LogP contribution is -2.36. The van der Waals surface area contributed by atoms with Gasteiger partial charge in [0.15, 0.2) is 0 Å². The second-order valence-electron chi connectivity index (χ2n) is 8.49. The molecule has 1 aliphatic heterocycles. The molecule has 0 bridgehead atoms. The third-order valence-corrected chi connectivity index (χ3v) is 7.60. The van der Waals surface area contributed by atoms with E-state index >= 15 is 0 Å². The van der Waals surface area contributed by atoms with Crippen LogP contribution < -0.4 is 5.32 Å². The molecule has 3 aromatic rings. The number of nitrogens with one attached hydrogen (secondary N) is 1. The summed E-state index contributed by atoms with van der Waals surface area (Å²) in [6.07, 6.45) is -2.95. The number of carbonyl (C=O) groups is 3. The number of carbonyl (C=O) groups excluding carboxylic acids is 3. The number of halogens is 4. The van der Waals surface area contributed by atoms with Gasteiger partial charge < -0.3 is 9.88 Å². The maximum Gasteiger partial charge on any atom is 0.416 e. The van der Waals surface area contributed by atoms with Crippen LogP contribution in [0, 0.1) is 20.8 Å². The molecule has 6 nitrogen and oxygen atoms in total. The summed E-state index contributed by atoms with van der Waals surface area (Å²) in [7, 11) is 0. The van der Waals surface area contributed by atoms with Crippen LogP contribution in [0.3, 0.4) is 0 Å². The van der Waals surface area contributed by atoms with Crippen molar-refractivity contribution in [2.24, 2.45) is 0 Å². The first-order valence-electron chi connectivity index (χ1n) is 11.0. The van der Waals surface area contributed by atoms with Crippen LogP contribution in [0.4, 0.5) is 23.7 Å². The topological polar surface area (TPSA) is 71.4 Å². The molecular formula is C26H21BrF3N3O3S. The smallest absolute Gasteiger partial charge is 0.325 e. The molecule has 0 aliphatic carbocycles. The molecule has 2 heterocycles. The Balaban J connectivity index is 1.51. The van der Waals surface area contributed by atoms with Gasteiger partial charge in [-0.2, -0.15) is 13.2 Å². The monoisotopic (exact) mass is 591 g/mol. The van der Waals surface area contributed by atoms with E-state index in [0.29, 0.717) is 11.8 Å². The summed E-state index contributed by atoms with van der Waals surface area (Å²) >= 11 is 4.21. The maximum atomic E-state index is 12.9. The molecule has 1 saturated heterocycles. The highest BCUT2D eigenvalue weighted by atomic mass is 79.9. The van der Waals surface area contributed by atoms with Crippen molar-refractivity contribution in [2.45, 2.75) is 26.9 Å². The minimum Gasteiger partial charge on any atom is -0.325 e. The van der Waals surface area contributed by atoms with Crippen LogP contribution in [-0.4, -0.2) is 33.1 Å². The molecule has 1 aliphatic rings. The number of imide groups is 1. The average molecular weight is 592 g/mol. The number of hydrogen-bond acceptors (Lipinski definition) is 4. The van der Waals surface area contributed by atoms with Gasteiger partial charge in [-0.1, -0.05) is 22.0 Å². The minimum absolute atomic E-state index is 0.0852. The number of rotatable bonds is 5. The van der Waals surface area contributed by atoms with Gasteiger partial charge >= 0.3 is 6.18 Å². The van der Waals surface area contributed by atoms with Crippen LogP contribution in [0.2, 0.25) is 0 Å². The number of amides is 3. The highest BCUT2D eigenvalue weighted by molar-refractivity contribution is 9.10. The molecule has 1 fully saturated rings. The van der Waals surface area contributed by atoms with Gasteiger partial charge in [-0.15, -0.1) is 0 Å². The molecule has 1 aromatic heterocycles. The van der Waals surface area contributed by atoms with Crippen LogP contribution in [0.5, 0.6) is 0 Å². The first kappa shape index (κ1) is 26.7. The quantitative estimate of drug-likeness (QED) is 0.329. The molecule has 0 atom stereocenters. The summed E-state index contributed by atoms with van der Waals surface area (Å²) in [5.41, 5.74) is 3.56. The SMILES string of the molecule is Cc1cc(-n2c(C)cc(/C=C3\SC(=O)N(CC(=O)Nc4cccc(C(F)(F)F)c4)C3=O)c2C)ccc1Br. The summed E-state index contributed by atoms with van der Waals surface area (Å²) in [5, 5.41) is 1.68. The number of hydrogen-bond donors (Lipinski definition) is 1. The molecular weight excluding hydrogens is 571 g/mol. The Hall–Kier alpha value is -3.31. The summed E-state index contributed by atoms with van der Waals surface area (Å²) in [6.45, 7) is 5.21. The van der Waals surface area contributed by atoms with Crippen LogP contribution in [0.15, 0.2) is 57.9 Å². The predicted molar refractivity (Wildman–Crippen MR) is 140 cm³/mol. The Bertz CT molecular complexity index is 1460. The fourth-order valence-electron chi connectivity index (χ4n) is 3.99. The third-order valence-electron chi connectivity index (χ3n) is 5.81. The standard InChI is InChI=1S/C26H21BrF3N3O3S/c1-14-9-20(7-8-21(14)27)33-15(2)10-17(16(33)3)11-22-24(35)32(25(36)37-22)13-23(34)31-19-6-4-5-18(12-19)26(28,29)30/h4-12H,13H2,1-3H3,(H,31,34)/b22-11-. The fourth-order valence-corrected chi connectivity index (χ4v) is 5.07. The molecule has 11 heteroatoms. The van der Waals surface area contributed by atoms with E-state index in [1.807, 2.05) is 49.6 Å². The van der Waals surface area contributed by atoms with Gasteiger partial charge in [-0.25, -0.2) is 0 Å². The van der Waals surface area contributed by atoms with E-state index in [2.05, 4.69) is 21.2 Å². The molecule has 3 amide bonds.